The van der Waals surface area contributed by atoms with E-state index in [0.717, 1.165) is 5.56 Å². The molecule has 5 heteroatoms. The average molecular weight is 253 g/mol. The second kappa shape index (κ2) is 6.96. The highest BCUT2D eigenvalue weighted by Gasteiger charge is 2.22. The molecule has 1 aromatic heterocycles. The van der Waals surface area contributed by atoms with Crippen molar-refractivity contribution in [1.82, 2.24) is 4.98 Å². The van der Waals surface area contributed by atoms with Crippen LogP contribution in [0.2, 0.25) is 0 Å². The van der Waals surface area contributed by atoms with Crippen LogP contribution in [0.1, 0.15) is 26.3 Å². The molecule has 0 saturated carbocycles. The lowest BCUT2D eigenvalue weighted by Gasteiger charge is -2.18. The lowest BCUT2D eigenvalue weighted by atomic mass is 10.1. The van der Waals surface area contributed by atoms with Gasteiger partial charge in [-0.1, -0.05) is 0 Å². The molecule has 0 amide bonds. The fraction of sp³-hybridized carbons (Fsp3) is 0.538. The minimum absolute atomic E-state index is 0.0820. The van der Waals surface area contributed by atoms with Crippen molar-refractivity contribution in [2.45, 2.75) is 39.4 Å². The molecule has 5 nitrogen and oxygen atoms in total. The van der Waals surface area contributed by atoms with E-state index < -0.39 is 12.1 Å². The molecular weight excluding hydrogens is 234 g/mol. The van der Waals surface area contributed by atoms with Gasteiger partial charge >= 0.3 is 5.97 Å². The number of esters is 1. The normalized spacial score (nSPS) is 12.4. The number of nitrogens with one attached hydrogen (secondary N) is 1. The molecule has 100 valence electrons. The Morgan fingerprint density at radius 2 is 2.17 bits per heavy atom. The zero-order valence-electron chi connectivity index (χ0n) is 10.9. The third-order valence-electron chi connectivity index (χ3n) is 2.25. The molecule has 0 spiro atoms. The molecule has 1 rings (SSSR count). The Morgan fingerprint density at radius 1 is 1.44 bits per heavy atom. The van der Waals surface area contributed by atoms with Gasteiger partial charge < -0.3 is 14.5 Å². The van der Waals surface area contributed by atoms with Crippen molar-refractivity contribution in [1.29, 1.82) is 0 Å². The summed E-state index contributed by atoms with van der Waals surface area (Å²) in [6.45, 7) is 5.76. The number of carbonyl (C=O) groups excluding carboxylic acids is 1. The summed E-state index contributed by atoms with van der Waals surface area (Å²) in [5, 5.41) is 0. The average Bonchev–Trinajstić information content (AvgIpc) is 2.28. The van der Waals surface area contributed by atoms with Gasteiger partial charge in [0.15, 0.2) is 6.10 Å². The van der Waals surface area contributed by atoms with Crippen LogP contribution in [0.3, 0.4) is 0 Å². The summed E-state index contributed by atoms with van der Waals surface area (Å²) in [5.74, 6) is -0.397. The summed E-state index contributed by atoms with van der Waals surface area (Å²) in [7, 11) is 0. The highest BCUT2D eigenvalue weighted by Crippen LogP contribution is 2.08. The van der Waals surface area contributed by atoms with Gasteiger partial charge in [-0.05, 0) is 32.4 Å². The van der Waals surface area contributed by atoms with Crippen LogP contribution >= 0.6 is 0 Å². The summed E-state index contributed by atoms with van der Waals surface area (Å²) in [6.07, 6.45) is 1.13. The van der Waals surface area contributed by atoms with Gasteiger partial charge in [0.1, 0.15) is 0 Å². The van der Waals surface area contributed by atoms with E-state index in [1.807, 2.05) is 13.8 Å². The SMILES string of the molecule is CCOC(=O)C(Cc1cc[nH]c(=O)c1)OC(C)C. The maximum atomic E-state index is 11.7. The van der Waals surface area contributed by atoms with Crippen molar-refractivity contribution >= 4 is 5.97 Å². The quantitative estimate of drug-likeness (QED) is 0.775. The maximum Gasteiger partial charge on any atom is 0.335 e. The van der Waals surface area contributed by atoms with Crippen LogP contribution in [0.15, 0.2) is 23.1 Å². The van der Waals surface area contributed by atoms with Gasteiger partial charge in [0.05, 0.1) is 12.7 Å². The lowest BCUT2D eigenvalue weighted by molar-refractivity contribution is -0.159. The van der Waals surface area contributed by atoms with Crippen molar-refractivity contribution in [2.24, 2.45) is 0 Å². The Hall–Kier alpha value is -1.62. The van der Waals surface area contributed by atoms with E-state index >= 15 is 0 Å². The topological polar surface area (TPSA) is 68.4 Å². The number of hydrogen-bond donors (Lipinski definition) is 1. The molecule has 18 heavy (non-hydrogen) atoms. The molecule has 0 aliphatic rings. The lowest BCUT2D eigenvalue weighted by Crippen LogP contribution is -2.31. The third-order valence-corrected chi connectivity index (χ3v) is 2.25. The van der Waals surface area contributed by atoms with Gasteiger partial charge in [-0.2, -0.15) is 0 Å². The minimum atomic E-state index is -0.674. The molecule has 1 atom stereocenters. The molecule has 0 aromatic carbocycles. The van der Waals surface area contributed by atoms with Crippen LogP contribution in [0, 0.1) is 0 Å². The number of aromatic nitrogens is 1. The molecule has 0 radical (unpaired) electrons. The monoisotopic (exact) mass is 253 g/mol. The molecule has 0 fully saturated rings. The molecule has 0 aliphatic carbocycles. The predicted octanol–water partition coefficient (Wildman–Crippen LogP) is 1.27. The molecule has 1 N–H and O–H groups in total. The van der Waals surface area contributed by atoms with E-state index in [0.29, 0.717) is 13.0 Å². The van der Waals surface area contributed by atoms with Crippen molar-refractivity contribution in [3.63, 3.8) is 0 Å². The van der Waals surface area contributed by atoms with Crippen LogP contribution < -0.4 is 5.56 Å². The highest BCUT2D eigenvalue weighted by atomic mass is 16.6. The summed E-state index contributed by atoms with van der Waals surface area (Å²) >= 11 is 0. The molecule has 1 heterocycles. The Bertz CT molecular complexity index is 439. The molecule has 0 saturated heterocycles. The number of aromatic amines is 1. The third kappa shape index (κ3) is 4.71. The van der Waals surface area contributed by atoms with Crippen LogP contribution in [0.5, 0.6) is 0 Å². The molecule has 1 aromatic rings. The highest BCUT2D eigenvalue weighted by molar-refractivity contribution is 5.75. The van der Waals surface area contributed by atoms with E-state index in [2.05, 4.69) is 4.98 Å². The van der Waals surface area contributed by atoms with Gasteiger partial charge in [-0.25, -0.2) is 4.79 Å². The van der Waals surface area contributed by atoms with E-state index in [4.69, 9.17) is 9.47 Å². The summed E-state index contributed by atoms with van der Waals surface area (Å²) in [5.41, 5.74) is 0.553. The van der Waals surface area contributed by atoms with Crippen LogP contribution in [-0.4, -0.2) is 29.8 Å². The van der Waals surface area contributed by atoms with Gasteiger partial charge in [-0.15, -0.1) is 0 Å². The van der Waals surface area contributed by atoms with Gasteiger partial charge in [0, 0.05) is 18.7 Å². The van der Waals surface area contributed by atoms with Crippen LogP contribution in [0.25, 0.3) is 0 Å². The number of H-pyrrole nitrogens is 1. The molecule has 0 bridgehead atoms. The Labute approximate surface area is 106 Å². The number of carbonyl (C=O) groups is 1. The van der Waals surface area contributed by atoms with Crippen molar-refractivity contribution < 1.29 is 14.3 Å². The maximum absolute atomic E-state index is 11.7. The summed E-state index contributed by atoms with van der Waals surface area (Å²) in [6, 6.07) is 3.20. The summed E-state index contributed by atoms with van der Waals surface area (Å²) < 4.78 is 10.5. The van der Waals surface area contributed by atoms with Crippen molar-refractivity contribution in [2.75, 3.05) is 6.61 Å². The second-order valence-electron chi connectivity index (χ2n) is 4.19. The fourth-order valence-corrected chi connectivity index (χ4v) is 1.58. The van der Waals surface area contributed by atoms with Crippen molar-refractivity contribution in [3.8, 4) is 0 Å². The first-order chi connectivity index (χ1) is 8.52. The number of rotatable bonds is 6. The zero-order valence-corrected chi connectivity index (χ0v) is 10.9. The van der Waals surface area contributed by atoms with Gasteiger partial charge in [0.2, 0.25) is 5.56 Å². The Kier molecular flexibility index (Phi) is 5.58. The smallest absolute Gasteiger partial charge is 0.335 e. The largest absolute Gasteiger partial charge is 0.464 e. The van der Waals surface area contributed by atoms with E-state index in [-0.39, 0.29) is 11.7 Å². The fourth-order valence-electron chi connectivity index (χ4n) is 1.58. The Balaban J connectivity index is 2.77. The van der Waals surface area contributed by atoms with Crippen LogP contribution in [-0.2, 0) is 20.7 Å². The first kappa shape index (κ1) is 14.4. The first-order valence-corrected chi connectivity index (χ1v) is 6.02. The number of ether oxygens (including phenoxy) is 2. The van der Waals surface area contributed by atoms with E-state index in [1.165, 1.54) is 6.07 Å². The zero-order chi connectivity index (χ0) is 13.5. The van der Waals surface area contributed by atoms with Crippen LogP contribution in [0.4, 0.5) is 0 Å². The first-order valence-electron chi connectivity index (χ1n) is 6.02. The number of hydrogen-bond acceptors (Lipinski definition) is 4. The van der Waals surface area contributed by atoms with Crippen molar-refractivity contribution in [3.05, 3.63) is 34.2 Å². The van der Waals surface area contributed by atoms with E-state index in [9.17, 15) is 9.59 Å². The van der Waals surface area contributed by atoms with Gasteiger partial charge in [0.25, 0.3) is 0 Å². The van der Waals surface area contributed by atoms with Gasteiger partial charge in [-0.3, -0.25) is 4.79 Å². The summed E-state index contributed by atoms with van der Waals surface area (Å²) in [4.78, 5) is 25.4. The molecule has 0 aliphatic heterocycles. The standard InChI is InChI=1S/C13H19NO4/c1-4-17-13(16)11(18-9(2)3)7-10-5-6-14-12(15)8-10/h5-6,8-9,11H,4,7H2,1-3H3,(H,14,15). The molecule has 1 unspecified atom stereocenters. The minimum Gasteiger partial charge on any atom is -0.464 e. The molecular formula is C13H19NO4. The number of pyridine rings is 1. The second-order valence-corrected chi connectivity index (χ2v) is 4.19. The predicted molar refractivity (Wildman–Crippen MR) is 67.4 cm³/mol. The van der Waals surface area contributed by atoms with E-state index in [1.54, 1.807) is 19.2 Å². The Morgan fingerprint density at radius 3 is 2.72 bits per heavy atom.